The Hall–Kier alpha value is -1.51. The van der Waals surface area contributed by atoms with E-state index in [-0.39, 0.29) is 6.42 Å². The van der Waals surface area contributed by atoms with Crippen molar-refractivity contribution < 1.29 is 14.6 Å². The lowest BCUT2D eigenvalue weighted by Crippen LogP contribution is -2.03. The molecule has 100 valence electrons. The van der Waals surface area contributed by atoms with Crippen LogP contribution >= 0.6 is 0 Å². The standard InChI is InChI=1S/C15H22O3/c1-11(2)13-8-7-12(3)10-14(13)18-9-5-4-6-15(16)17/h7-8,10-11H,4-6,9H2,1-3H3,(H,16,17). The lowest BCUT2D eigenvalue weighted by Gasteiger charge is -2.14. The maximum Gasteiger partial charge on any atom is 0.303 e. The van der Waals surface area contributed by atoms with Crippen LogP contribution < -0.4 is 4.74 Å². The van der Waals surface area contributed by atoms with Crippen molar-refractivity contribution in [2.75, 3.05) is 6.61 Å². The summed E-state index contributed by atoms with van der Waals surface area (Å²) in [5.41, 5.74) is 2.39. The second-order valence-electron chi connectivity index (χ2n) is 4.90. The number of unbranched alkanes of at least 4 members (excludes halogenated alkanes) is 1. The van der Waals surface area contributed by atoms with E-state index in [1.165, 1.54) is 11.1 Å². The predicted molar refractivity (Wildman–Crippen MR) is 72.2 cm³/mol. The zero-order valence-corrected chi connectivity index (χ0v) is 11.4. The summed E-state index contributed by atoms with van der Waals surface area (Å²) in [6.07, 6.45) is 1.66. The molecule has 0 radical (unpaired) electrons. The van der Waals surface area contributed by atoms with Gasteiger partial charge in [-0.25, -0.2) is 0 Å². The van der Waals surface area contributed by atoms with Crippen molar-refractivity contribution in [3.63, 3.8) is 0 Å². The molecule has 1 N–H and O–H groups in total. The van der Waals surface area contributed by atoms with Crippen LogP contribution in [0.2, 0.25) is 0 Å². The molecule has 0 amide bonds. The van der Waals surface area contributed by atoms with Crippen LogP contribution in [0.5, 0.6) is 5.75 Å². The number of aliphatic carboxylic acids is 1. The van der Waals surface area contributed by atoms with Crippen molar-refractivity contribution in [1.82, 2.24) is 0 Å². The fourth-order valence-corrected chi connectivity index (χ4v) is 1.80. The van der Waals surface area contributed by atoms with Gasteiger partial charge in [-0.1, -0.05) is 26.0 Å². The predicted octanol–water partition coefficient (Wildman–Crippen LogP) is 3.75. The van der Waals surface area contributed by atoms with Gasteiger partial charge in [0.2, 0.25) is 0 Å². The molecule has 3 nitrogen and oxygen atoms in total. The third-order valence-corrected chi connectivity index (χ3v) is 2.83. The molecule has 0 aliphatic rings. The van der Waals surface area contributed by atoms with Crippen molar-refractivity contribution in [2.24, 2.45) is 0 Å². The molecule has 0 heterocycles. The van der Waals surface area contributed by atoms with Gasteiger partial charge in [-0.15, -0.1) is 0 Å². The van der Waals surface area contributed by atoms with Crippen LogP contribution in [0.25, 0.3) is 0 Å². The normalized spacial score (nSPS) is 10.7. The molecule has 3 heteroatoms. The Morgan fingerprint density at radius 3 is 2.67 bits per heavy atom. The second-order valence-corrected chi connectivity index (χ2v) is 4.90. The molecule has 0 unspecified atom stereocenters. The number of hydrogen-bond donors (Lipinski definition) is 1. The van der Waals surface area contributed by atoms with Crippen molar-refractivity contribution in [2.45, 2.75) is 46.0 Å². The number of carbonyl (C=O) groups is 1. The Labute approximate surface area is 109 Å². The van der Waals surface area contributed by atoms with Crippen molar-refractivity contribution in [3.05, 3.63) is 29.3 Å². The van der Waals surface area contributed by atoms with Crippen molar-refractivity contribution in [3.8, 4) is 5.75 Å². The third-order valence-electron chi connectivity index (χ3n) is 2.83. The molecular weight excluding hydrogens is 228 g/mol. The summed E-state index contributed by atoms with van der Waals surface area (Å²) in [7, 11) is 0. The second kappa shape index (κ2) is 7.04. The highest BCUT2D eigenvalue weighted by molar-refractivity contribution is 5.66. The smallest absolute Gasteiger partial charge is 0.303 e. The molecule has 0 aliphatic carbocycles. The van der Waals surface area contributed by atoms with Gasteiger partial charge in [-0.05, 0) is 42.9 Å². The van der Waals surface area contributed by atoms with Gasteiger partial charge in [0.25, 0.3) is 0 Å². The van der Waals surface area contributed by atoms with Gasteiger partial charge in [-0.2, -0.15) is 0 Å². The summed E-state index contributed by atoms with van der Waals surface area (Å²) in [6, 6.07) is 6.24. The van der Waals surface area contributed by atoms with E-state index in [0.717, 1.165) is 12.2 Å². The van der Waals surface area contributed by atoms with Gasteiger partial charge in [0.05, 0.1) is 6.61 Å². The lowest BCUT2D eigenvalue weighted by atomic mass is 10.0. The Morgan fingerprint density at radius 1 is 1.33 bits per heavy atom. The highest BCUT2D eigenvalue weighted by Gasteiger charge is 2.08. The van der Waals surface area contributed by atoms with E-state index in [9.17, 15) is 4.79 Å². The van der Waals surface area contributed by atoms with Gasteiger partial charge >= 0.3 is 5.97 Å². The van der Waals surface area contributed by atoms with Crippen molar-refractivity contribution in [1.29, 1.82) is 0 Å². The van der Waals surface area contributed by atoms with E-state index < -0.39 is 5.97 Å². The highest BCUT2D eigenvalue weighted by atomic mass is 16.5. The molecule has 1 rings (SSSR count). The van der Waals surface area contributed by atoms with Gasteiger partial charge < -0.3 is 9.84 Å². The van der Waals surface area contributed by atoms with Crippen molar-refractivity contribution >= 4 is 5.97 Å². The molecule has 0 spiro atoms. The minimum absolute atomic E-state index is 0.216. The summed E-state index contributed by atoms with van der Waals surface area (Å²) in [5.74, 6) is 0.619. The molecular formula is C15H22O3. The largest absolute Gasteiger partial charge is 0.493 e. The third kappa shape index (κ3) is 4.78. The van der Waals surface area contributed by atoms with E-state index in [1.54, 1.807) is 0 Å². The Morgan fingerprint density at radius 2 is 2.06 bits per heavy atom. The molecule has 0 aliphatic heterocycles. The summed E-state index contributed by atoms with van der Waals surface area (Å²) in [5, 5.41) is 8.54. The van der Waals surface area contributed by atoms with E-state index in [2.05, 4.69) is 26.0 Å². The average Bonchev–Trinajstić information content (AvgIpc) is 2.27. The van der Waals surface area contributed by atoms with E-state index in [4.69, 9.17) is 9.84 Å². The molecule has 0 fully saturated rings. The summed E-state index contributed by atoms with van der Waals surface area (Å²) >= 11 is 0. The van der Waals surface area contributed by atoms with E-state index >= 15 is 0 Å². The summed E-state index contributed by atoms with van der Waals surface area (Å²) in [4.78, 5) is 10.4. The topological polar surface area (TPSA) is 46.5 Å². The zero-order chi connectivity index (χ0) is 13.5. The average molecular weight is 250 g/mol. The minimum atomic E-state index is -0.742. The maximum atomic E-state index is 10.4. The van der Waals surface area contributed by atoms with Gasteiger partial charge in [0.15, 0.2) is 0 Å². The Balaban J connectivity index is 2.50. The molecule has 0 saturated heterocycles. The summed E-state index contributed by atoms with van der Waals surface area (Å²) in [6.45, 7) is 6.90. The van der Waals surface area contributed by atoms with Crippen LogP contribution in [0.3, 0.4) is 0 Å². The molecule has 1 aromatic rings. The zero-order valence-electron chi connectivity index (χ0n) is 11.4. The SMILES string of the molecule is Cc1ccc(C(C)C)c(OCCCCC(=O)O)c1. The number of benzene rings is 1. The fourth-order valence-electron chi connectivity index (χ4n) is 1.80. The number of rotatable bonds is 7. The lowest BCUT2D eigenvalue weighted by molar-refractivity contribution is -0.137. The van der Waals surface area contributed by atoms with Gasteiger partial charge in [-0.3, -0.25) is 4.79 Å². The number of carboxylic acid groups (broad SMARTS) is 1. The van der Waals surface area contributed by atoms with E-state index in [1.807, 2.05) is 13.0 Å². The number of aryl methyl sites for hydroxylation is 1. The van der Waals surface area contributed by atoms with Crippen LogP contribution in [0.1, 0.15) is 50.2 Å². The monoisotopic (exact) mass is 250 g/mol. The van der Waals surface area contributed by atoms with Crippen LogP contribution in [0, 0.1) is 6.92 Å². The first-order chi connectivity index (χ1) is 8.50. The van der Waals surface area contributed by atoms with Crippen LogP contribution in [-0.2, 0) is 4.79 Å². The summed E-state index contributed by atoms with van der Waals surface area (Å²) < 4.78 is 5.77. The van der Waals surface area contributed by atoms with E-state index in [0.29, 0.717) is 18.9 Å². The molecule has 0 atom stereocenters. The molecule has 18 heavy (non-hydrogen) atoms. The first kappa shape index (κ1) is 14.6. The minimum Gasteiger partial charge on any atom is -0.493 e. The molecule has 0 aromatic heterocycles. The number of hydrogen-bond acceptors (Lipinski definition) is 2. The fraction of sp³-hybridized carbons (Fsp3) is 0.533. The molecule has 0 saturated carbocycles. The Kier molecular flexibility index (Phi) is 5.69. The number of ether oxygens (including phenoxy) is 1. The van der Waals surface area contributed by atoms with Gasteiger partial charge in [0, 0.05) is 6.42 Å². The first-order valence-electron chi connectivity index (χ1n) is 6.46. The van der Waals surface area contributed by atoms with Crippen LogP contribution in [0.15, 0.2) is 18.2 Å². The molecule has 1 aromatic carbocycles. The molecule has 0 bridgehead atoms. The highest BCUT2D eigenvalue weighted by Crippen LogP contribution is 2.27. The first-order valence-corrected chi connectivity index (χ1v) is 6.46. The van der Waals surface area contributed by atoms with Crippen LogP contribution in [-0.4, -0.2) is 17.7 Å². The Bertz CT molecular complexity index is 397. The number of carboxylic acids is 1. The van der Waals surface area contributed by atoms with Gasteiger partial charge in [0.1, 0.15) is 5.75 Å². The van der Waals surface area contributed by atoms with Crippen LogP contribution in [0.4, 0.5) is 0 Å². The quantitative estimate of drug-likeness (QED) is 0.750. The maximum absolute atomic E-state index is 10.4.